The number of anilines is 1. The summed E-state index contributed by atoms with van der Waals surface area (Å²) in [5, 5.41) is 3.09. The smallest absolute Gasteiger partial charge is 0.266 e. The van der Waals surface area contributed by atoms with Gasteiger partial charge in [-0.3, -0.25) is 9.69 Å². The molecule has 1 amide bonds. The number of benzene rings is 1. The SMILES string of the molecule is C[C@@H](Nc1nc(Cl)nc2c1CN(C(=O)C1(C)CN(C3COC3)C1)C2)c1cccc(C(F)F)c1F. The van der Waals surface area contributed by atoms with Crippen LogP contribution in [0.1, 0.15) is 48.7 Å². The lowest BCUT2D eigenvalue weighted by molar-refractivity contribution is -0.166. The van der Waals surface area contributed by atoms with Crippen molar-refractivity contribution < 1.29 is 22.7 Å². The van der Waals surface area contributed by atoms with Gasteiger partial charge in [-0.1, -0.05) is 18.2 Å². The van der Waals surface area contributed by atoms with Crippen LogP contribution in [0.25, 0.3) is 0 Å². The number of nitrogens with one attached hydrogen (secondary N) is 1. The van der Waals surface area contributed by atoms with Gasteiger partial charge in [-0.2, -0.15) is 0 Å². The number of halogens is 4. The summed E-state index contributed by atoms with van der Waals surface area (Å²) in [5.41, 5.74) is 0.285. The van der Waals surface area contributed by atoms with Gasteiger partial charge in [0.05, 0.1) is 55.1 Å². The molecule has 182 valence electrons. The van der Waals surface area contributed by atoms with Crippen molar-refractivity contribution in [2.24, 2.45) is 5.41 Å². The highest BCUT2D eigenvalue weighted by molar-refractivity contribution is 6.28. The Labute approximate surface area is 200 Å². The number of alkyl halides is 2. The van der Waals surface area contributed by atoms with Crippen LogP contribution in [0.4, 0.5) is 19.0 Å². The number of carbonyl (C=O) groups excluding carboxylic acids is 1. The number of nitrogens with zero attached hydrogens (tertiary/aromatic N) is 4. The molecule has 1 N–H and O–H groups in total. The van der Waals surface area contributed by atoms with E-state index >= 15 is 0 Å². The van der Waals surface area contributed by atoms with Crippen molar-refractivity contribution in [2.75, 3.05) is 31.6 Å². The molecule has 5 rings (SSSR count). The van der Waals surface area contributed by atoms with Gasteiger partial charge in [-0.05, 0) is 25.4 Å². The highest BCUT2D eigenvalue weighted by Gasteiger charge is 2.51. The summed E-state index contributed by atoms with van der Waals surface area (Å²) in [6.07, 6.45) is -2.91. The number of ether oxygens (including phenoxy) is 1. The monoisotopic (exact) mass is 495 g/mol. The molecule has 2 saturated heterocycles. The van der Waals surface area contributed by atoms with E-state index in [0.29, 0.717) is 62.5 Å². The molecule has 3 aliphatic rings. The van der Waals surface area contributed by atoms with Crippen LogP contribution >= 0.6 is 11.6 Å². The third kappa shape index (κ3) is 4.01. The normalized spacial score (nSPS) is 20.6. The number of hydrogen-bond donors (Lipinski definition) is 1. The zero-order valence-electron chi connectivity index (χ0n) is 18.8. The van der Waals surface area contributed by atoms with E-state index in [0.717, 1.165) is 6.07 Å². The Kier molecular flexibility index (Phi) is 5.94. The number of amides is 1. The number of fused-ring (bicyclic) bond motifs is 1. The van der Waals surface area contributed by atoms with E-state index in [2.05, 4.69) is 20.2 Å². The molecule has 0 radical (unpaired) electrons. The first-order chi connectivity index (χ1) is 16.2. The Hall–Kier alpha value is -2.43. The molecule has 34 heavy (non-hydrogen) atoms. The highest BCUT2D eigenvalue weighted by Crippen LogP contribution is 2.39. The third-order valence-electron chi connectivity index (χ3n) is 6.91. The third-order valence-corrected chi connectivity index (χ3v) is 7.08. The number of carbonyl (C=O) groups is 1. The number of likely N-dealkylation sites (tertiary alicyclic amines) is 1. The Morgan fingerprint density at radius 1 is 1.24 bits per heavy atom. The zero-order chi connectivity index (χ0) is 24.2. The molecule has 4 heterocycles. The first kappa shape index (κ1) is 23.3. The van der Waals surface area contributed by atoms with Gasteiger partial charge in [0.15, 0.2) is 0 Å². The molecule has 1 aromatic carbocycles. The minimum absolute atomic E-state index is 0.00411. The molecule has 0 bridgehead atoms. The molecule has 1 aromatic heterocycles. The Bertz CT molecular complexity index is 1120. The second-order valence-corrected chi connectivity index (χ2v) is 9.84. The molecule has 3 aliphatic heterocycles. The van der Waals surface area contributed by atoms with E-state index in [1.165, 1.54) is 12.1 Å². The number of aromatic nitrogens is 2. The van der Waals surface area contributed by atoms with Gasteiger partial charge in [0.2, 0.25) is 11.2 Å². The van der Waals surface area contributed by atoms with Gasteiger partial charge in [0, 0.05) is 24.2 Å². The Balaban J connectivity index is 1.32. The van der Waals surface area contributed by atoms with E-state index in [4.69, 9.17) is 16.3 Å². The van der Waals surface area contributed by atoms with E-state index in [1.807, 2.05) is 6.92 Å². The van der Waals surface area contributed by atoms with E-state index in [9.17, 15) is 18.0 Å². The van der Waals surface area contributed by atoms with E-state index in [1.54, 1.807) is 11.8 Å². The summed E-state index contributed by atoms with van der Waals surface area (Å²) < 4.78 is 46.1. The summed E-state index contributed by atoms with van der Waals surface area (Å²) in [5.74, 6) is -0.551. The molecule has 7 nitrogen and oxygen atoms in total. The lowest BCUT2D eigenvalue weighted by Crippen LogP contribution is -2.67. The van der Waals surface area contributed by atoms with Gasteiger partial charge >= 0.3 is 0 Å². The summed E-state index contributed by atoms with van der Waals surface area (Å²) in [6, 6.07) is 3.64. The van der Waals surface area contributed by atoms with Crippen molar-refractivity contribution in [1.82, 2.24) is 19.8 Å². The second kappa shape index (κ2) is 8.66. The van der Waals surface area contributed by atoms with Crippen molar-refractivity contribution in [1.29, 1.82) is 0 Å². The van der Waals surface area contributed by atoms with Crippen molar-refractivity contribution in [2.45, 2.75) is 45.4 Å². The van der Waals surface area contributed by atoms with Crippen LogP contribution in [0.3, 0.4) is 0 Å². The Morgan fingerprint density at radius 2 is 1.94 bits per heavy atom. The fourth-order valence-electron chi connectivity index (χ4n) is 4.90. The average Bonchev–Trinajstić information content (AvgIpc) is 3.14. The maximum absolute atomic E-state index is 14.6. The van der Waals surface area contributed by atoms with E-state index in [-0.39, 0.29) is 16.8 Å². The van der Waals surface area contributed by atoms with Crippen LogP contribution in [-0.2, 0) is 22.6 Å². The Morgan fingerprint density at radius 3 is 2.59 bits per heavy atom. The lowest BCUT2D eigenvalue weighted by atomic mass is 9.79. The standard InChI is InChI=1S/C23H25ClF3N5O2/c1-12(14-4-3-5-15(18(14)25)19(26)27)28-20-16-6-31(7-17(16)29-22(24)30-20)21(33)23(2)10-32(11-23)13-8-34-9-13/h3-5,12-13,19H,6-11H2,1-2H3,(H,28,29,30)/t12-/m1/s1. The first-order valence-electron chi connectivity index (χ1n) is 11.2. The molecule has 11 heteroatoms. The van der Waals surface area contributed by atoms with Crippen LogP contribution in [-0.4, -0.2) is 58.0 Å². The second-order valence-electron chi connectivity index (χ2n) is 9.50. The highest BCUT2D eigenvalue weighted by atomic mass is 35.5. The van der Waals surface area contributed by atoms with Gasteiger partial charge < -0.3 is 15.0 Å². The van der Waals surface area contributed by atoms with Gasteiger partial charge in [0.25, 0.3) is 6.43 Å². The van der Waals surface area contributed by atoms with Crippen LogP contribution in [0.15, 0.2) is 18.2 Å². The molecular weight excluding hydrogens is 471 g/mol. The first-order valence-corrected chi connectivity index (χ1v) is 11.5. The maximum Gasteiger partial charge on any atom is 0.266 e. The molecular formula is C23H25ClF3N5O2. The molecule has 0 spiro atoms. The van der Waals surface area contributed by atoms with Crippen molar-refractivity contribution in [3.05, 3.63) is 51.7 Å². The fraction of sp³-hybridized carbons (Fsp3) is 0.522. The quantitative estimate of drug-likeness (QED) is 0.612. The summed E-state index contributed by atoms with van der Waals surface area (Å²) in [4.78, 5) is 25.9. The van der Waals surface area contributed by atoms with E-state index < -0.39 is 29.3 Å². The topological polar surface area (TPSA) is 70.6 Å². The van der Waals surface area contributed by atoms with Gasteiger partial charge in [-0.15, -0.1) is 0 Å². The maximum atomic E-state index is 14.6. The van der Waals surface area contributed by atoms with Crippen LogP contribution in [0, 0.1) is 11.2 Å². The molecule has 0 unspecified atom stereocenters. The van der Waals surface area contributed by atoms with Crippen molar-refractivity contribution in [3.8, 4) is 0 Å². The minimum atomic E-state index is -2.91. The van der Waals surface area contributed by atoms with Crippen LogP contribution in [0.5, 0.6) is 0 Å². The van der Waals surface area contributed by atoms with Crippen LogP contribution < -0.4 is 5.32 Å². The number of rotatable bonds is 6. The minimum Gasteiger partial charge on any atom is -0.378 e. The average molecular weight is 496 g/mol. The molecule has 0 saturated carbocycles. The van der Waals surface area contributed by atoms with Gasteiger partial charge in [-0.25, -0.2) is 23.1 Å². The number of hydrogen-bond acceptors (Lipinski definition) is 6. The predicted octanol–water partition coefficient (Wildman–Crippen LogP) is 3.94. The van der Waals surface area contributed by atoms with Crippen molar-refractivity contribution >= 4 is 23.3 Å². The van der Waals surface area contributed by atoms with Crippen LogP contribution in [0.2, 0.25) is 5.28 Å². The van der Waals surface area contributed by atoms with Crippen molar-refractivity contribution in [3.63, 3.8) is 0 Å². The molecule has 0 aliphatic carbocycles. The lowest BCUT2D eigenvalue weighted by Gasteiger charge is -2.53. The molecule has 2 fully saturated rings. The summed E-state index contributed by atoms with van der Waals surface area (Å²) in [6.45, 7) is 7.00. The predicted molar refractivity (Wildman–Crippen MR) is 119 cm³/mol. The zero-order valence-corrected chi connectivity index (χ0v) is 19.6. The summed E-state index contributed by atoms with van der Waals surface area (Å²) in [7, 11) is 0. The molecule has 2 aromatic rings. The summed E-state index contributed by atoms with van der Waals surface area (Å²) >= 11 is 6.13. The molecule has 1 atom stereocenters. The van der Waals surface area contributed by atoms with Gasteiger partial charge in [0.1, 0.15) is 11.6 Å². The fourth-order valence-corrected chi connectivity index (χ4v) is 5.09. The largest absolute Gasteiger partial charge is 0.378 e.